The van der Waals surface area contributed by atoms with Gasteiger partial charge in [-0.25, -0.2) is 0 Å². The minimum absolute atomic E-state index is 0.0753. The molecule has 1 saturated heterocycles. The van der Waals surface area contributed by atoms with Gasteiger partial charge in [0.25, 0.3) is 5.91 Å². The number of nitrogens with zero attached hydrogens (tertiary/aromatic N) is 2. The number of hydrogen-bond acceptors (Lipinski definition) is 3. The van der Waals surface area contributed by atoms with Gasteiger partial charge in [0.15, 0.2) is 0 Å². The Balaban J connectivity index is 2.01. The number of aryl methyl sites for hydroxylation is 1. The van der Waals surface area contributed by atoms with E-state index in [-0.39, 0.29) is 11.7 Å². The largest absolute Gasteiger partial charge is 0.508 e. The Labute approximate surface area is 121 Å². The van der Waals surface area contributed by atoms with E-state index >= 15 is 0 Å². The van der Waals surface area contributed by atoms with Gasteiger partial charge in [0.05, 0.1) is 0 Å². The number of phenols is 1. The maximum Gasteiger partial charge on any atom is 0.254 e. The Bertz CT molecular complexity index is 479. The van der Waals surface area contributed by atoms with Crippen LogP contribution in [0.5, 0.6) is 5.75 Å². The molecule has 0 bridgehead atoms. The van der Waals surface area contributed by atoms with Gasteiger partial charge < -0.3 is 10.0 Å². The summed E-state index contributed by atoms with van der Waals surface area (Å²) in [6, 6.07) is 5.52. The summed E-state index contributed by atoms with van der Waals surface area (Å²) >= 11 is 0. The average Bonchev–Trinajstić information content (AvgIpc) is 2.46. The molecule has 0 spiro atoms. The van der Waals surface area contributed by atoms with E-state index in [0.717, 1.165) is 38.2 Å². The molecule has 1 aliphatic heterocycles. The summed E-state index contributed by atoms with van der Waals surface area (Å²) in [5, 5.41) is 9.42. The number of aromatic hydroxyl groups is 1. The quantitative estimate of drug-likeness (QED) is 0.921. The maximum atomic E-state index is 12.5. The van der Waals surface area contributed by atoms with Crippen LogP contribution in [0.3, 0.4) is 0 Å². The number of rotatable bonds is 3. The van der Waals surface area contributed by atoms with Gasteiger partial charge in [-0.2, -0.15) is 0 Å². The fraction of sp³-hybridized carbons (Fsp3) is 0.562. The van der Waals surface area contributed by atoms with Crippen molar-refractivity contribution in [3.05, 3.63) is 29.3 Å². The van der Waals surface area contributed by atoms with Gasteiger partial charge in [-0.05, 0) is 44.0 Å². The molecule has 2 rings (SSSR count). The van der Waals surface area contributed by atoms with Crippen LogP contribution in [0.4, 0.5) is 0 Å². The zero-order chi connectivity index (χ0) is 14.7. The molecule has 4 heteroatoms. The number of piperazine rings is 1. The third-order valence-corrected chi connectivity index (χ3v) is 4.26. The zero-order valence-electron chi connectivity index (χ0n) is 12.6. The van der Waals surface area contributed by atoms with Crippen LogP contribution in [0.25, 0.3) is 0 Å². The normalized spacial score (nSPS) is 18.1. The van der Waals surface area contributed by atoms with E-state index in [1.165, 1.54) is 0 Å². The molecule has 1 unspecified atom stereocenters. The molecule has 0 saturated carbocycles. The van der Waals surface area contributed by atoms with Gasteiger partial charge in [-0.3, -0.25) is 9.69 Å². The third-order valence-electron chi connectivity index (χ3n) is 4.26. The molecule has 1 heterocycles. The predicted molar refractivity (Wildman–Crippen MR) is 80.1 cm³/mol. The predicted octanol–water partition coefficient (Wildman–Crippen LogP) is 2.26. The molecule has 1 aliphatic rings. The highest BCUT2D eigenvalue weighted by atomic mass is 16.3. The van der Waals surface area contributed by atoms with Crippen molar-refractivity contribution in [1.29, 1.82) is 0 Å². The van der Waals surface area contributed by atoms with Crippen LogP contribution in [0.1, 0.15) is 36.2 Å². The first kappa shape index (κ1) is 14.9. The first-order chi connectivity index (χ1) is 9.52. The van der Waals surface area contributed by atoms with E-state index in [4.69, 9.17) is 0 Å². The number of amides is 1. The lowest BCUT2D eigenvalue weighted by molar-refractivity contribution is 0.0579. The van der Waals surface area contributed by atoms with Gasteiger partial charge in [-0.15, -0.1) is 0 Å². The highest BCUT2D eigenvalue weighted by molar-refractivity contribution is 5.95. The van der Waals surface area contributed by atoms with Crippen LogP contribution >= 0.6 is 0 Å². The Morgan fingerprint density at radius 2 is 1.95 bits per heavy atom. The molecule has 0 radical (unpaired) electrons. The van der Waals surface area contributed by atoms with E-state index < -0.39 is 0 Å². The molecule has 1 amide bonds. The van der Waals surface area contributed by atoms with Gasteiger partial charge in [0.2, 0.25) is 0 Å². The SMILES string of the molecule is CCC(C)N1CCN(C(=O)c2ccc(O)cc2C)CC1. The van der Waals surface area contributed by atoms with Gasteiger partial charge in [0, 0.05) is 37.8 Å². The van der Waals surface area contributed by atoms with E-state index in [0.29, 0.717) is 11.6 Å². The first-order valence-corrected chi connectivity index (χ1v) is 7.36. The van der Waals surface area contributed by atoms with Crippen molar-refractivity contribution in [2.45, 2.75) is 33.2 Å². The highest BCUT2D eigenvalue weighted by Gasteiger charge is 2.24. The third kappa shape index (κ3) is 3.12. The Hall–Kier alpha value is -1.55. The smallest absolute Gasteiger partial charge is 0.254 e. The van der Waals surface area contributed by atoms with Crippen LogP contribution in [-0.2, 0) is 0 Å². The lowest BCUT2D eigenvalue weighted by atomic mass is 10.1. The molecule has 4 nitrogen and oxygen atoms in total. The summed E-state index contributed by atoms with van der Waals surface area (Å²) in [5.41, 5.74) is 1.53. The zero-order valence-corrected chi connectivity index (χ0v) is 12.6. The van der Waals surface area contributed by atoms with Crippen molar-refractivity contribution < 1.29 is 9.90 Å². The van der Waals surface area contributed by atoms with Crippen molar-refractivity contribution >= 4 is 5.91 Å². The average molecular weight is 276 g/mol. The summed E-state index contributed by atoms with van der Waals surface area (Å²) in [5.74, 6) is 0.284. The van der Waals surface area contributed by atoms with E-state index in [1.54, 1.807) is 18.2 Å². The lowest BCUT2D eigenvalue weighted by Crippen LogP contribution is -2.51. The van der Waals surface area contributed by atoms with Crippen LogP contribution < -0.4 is 0 Å². The molecule has 0 aliphatic carbocycles. The van der Waals surface area contributed by atoms with Crippen molar-refractivity contribution in [2.75, 3.05) is 26.2 Å². The summed E-state index contributed by atoms with van der Waals surface area (Å²) in [6.07, 6.45) is 1.14. The minimum atomic E-state index is 0.0753. The van der Waals surface area contributed by atoms with Crippen LogP contribution in [0, 0.1) is 6.92 Å². The van der Waals surface area contributed by atoms with Gasteiger partial charge >= 0.3 is 0 Å². The minimum Gasteiger partial charge on any atom is -0.508 e. The summed E-state index contributed by atoms with van der Waals surface area (Å²) in [4.78, 5) is 16.9. The molecular formula is C16H24N2O2. The van der Waals surface area contributed by atoms with Gasteiger partial charge in [-0.1, -0.05) is 6.92 Å². The second kappa shape index (κ2) is 6.27. The topological polar surface area (TPSA) is 43.8 Å². The Morgan fingerprint density at radius 3 is 2.50 bits per heavy atom. The second-order valence-electron chi connectivity index (χ2n) is 5.58. The van der Waals surface area contributed by atoms with Crippen molar-refractivity contribution in [3.8, 4) is 5.75 Å². The highest BCUT2D eigenvalue weighted by Crippen LogP contribution is 2.18. The van der Waals surface area contributed by atoms with Crippen LogP contribution in [0.15, 0.2) is 18.2 Å². The standard InChI is InChI=1S/C16H24N2O2/c1-4-13(3)17-7-9-18(10-8-17)16(20)15-6-5-14(19)11-12(15)2/h5-6,11,13,19H,4,7-10H2,1-3H3. The Morgan fingerprint density at radius 1 is 1.30 bits per heavy atom. The number of carbonyl (C=O) groups is 1. The van der Waals surface area contributed by atoms with Crippen molar-refractivity contribution in [3.63, 3.8) is 0 Å². The monoisotopic (exact) mass is 276 g/mol. The first-order valence-electron chi connectivity index (χ1n) is 7.36. The molecule has 0 aromatic heterocycles. The molecule has 110 valence electrons. The molecule has 1 aromatic carbocycles. The number of carbonyl (C=O) groups excluding carboxylic acids is 1. The number of benzene rings is 1. The van der Waals surface area contributed by atoms with Crippen LogP contribution in [-0.4, -0.2) is 53.0 Å². The fourth-order valence-corrected chi connectivity index (χ4v) is 2.68. The Kier molecular flexibility index (Phi) is 4.65. The number of phenolic OH excluding ortho intramolecular Hbond substituents is 1. The molecule has 20 heavy (non-hydrogen) atoms. The molecule has 1 fully saturated rings. The molecule has 1 atom stereocenters. The van der Waals surface area contributed by atoms with Crippen LogP contribution in [0.2, 0.25) is 0 Å². The molecule has 1 N–H and O–H groups in total. The number of hydrogen-bond donors (Lipinski definition) is 1. The summed E-state index contributed by atoms with van der Waals surface area (Å²) in [6.45, 7) is 9.74. The lowest BCUT2D eigenvalue weighted by Gasteiger charge is -2.38. The molecule has 1 aromatic rings. The fourth-order valence-electron chi connectivity index (χ4n) is 2.68. The maximum absolute atomic E-state index is 12.5. The van der Waals surface area contributed by atoms with Crippen molar-refractivity contribution in [2.24, 2.45) is 0 Å². The van der Waals surface area contributed by atoms with Gasteiger partial charge in [0.1, 0.15) is 5.75 Å². The van der Waals surface area contributed by atoms with Crippen molar-refractivity contribution in [1.82, 2.24) is 9.80 Å². The molecular weight excluding hydrogens is 252 g/mol. The van der Waals surface area contributed by atoms with E-state index in [2.05, 4.69) is 18.7 Å². The van der Waals surface area contributed by atoms with E-state index in [9.17, 15) is 9.90 Å². The summed E-state index contributed by atoms with van der Waals surface area (Å²) in [7, 11) is 0. The van der Waals surface area contributed by atoms with E-state index in [1.807, 2.05) is 11.8 Å². The summed E-state index contributed by atoms with van der Waals surface area (Å²) < 4.78 is 0. The second-order valence-corrected chi connectivity index (χ2v) is 5.58.